The molecule has 0 N–H and O–H groups in total. The molecule has 2 fully saturated rings. The Kier molecular flexibility index (Phi) is 7.74. The highest BCUT2D eigenvalue weighted by Crippen LogP contribution is 2.40. The molecule has 2 saturated heterocycles. The summed E-state index contributed by atoms with van der Waals surface area (Å²) in [7, 11) is 4.90. The number of benzene rings is 3. The van der Waals surface area contributed by atoms with E-state index in [4.69, 9.17) is 14.2 Å². The summed E-state index contributed by atoms with van der Waals surface area (Å²) >= 11 is 0. The number of hydrogen-bond acceptors (Lipinski definition) is 6. The second-order valence-corrected chi connectivity index (χ2v) is 10.1. The van der Waals surface area contributed by atoms with Gasteiger partial charge in [-0.15, -0.1) is 0 Å². The van der Waals surface area contributed by atoms with E-state index >= 15 is 0 Å². The largest absolute Gasteiger partial charge is 0.497 e. The number of carbonyl (C=O) groups is 2. The molecule has 0 aromatic heterocycles. The molecule has 0 radical (unpaired) electrons. The molecule has 3 aromatic carbocycles. The van der Waals surface area contributed by atoms with Gasteiger partial charge in [0, 0.05) is 32.2 Å². The summed E-state index contributed by atoms with van der Waals surface area (Å²) in [6.07, 6.45) is 1.14. The van der Waals surface area contributed by atoms with Gasteiger partial charge in [0.15, 0.2) is 0 Å². The Bertz CT molecular complexity index is 1300. The van der Waals surface area contributed by atoms with Gasteiger partial charge in [0.05, 0.1) is 27.9 Å². The van der Waals surface area contributed by atoms with Gasteiger partial charge in [-0.1, -0.05) is 42.5 Å². The van der Waals surface area contributed by atoms with E-state index in [2.05, 4.69) is 4.90 Å². The molecule has 0 saturated carbocycles. The quantitative estimate of drug-likeness (QED) is 0.374. The molecular weight excluding hydrogens is 494 g/mol. The smallest absolute Gasteiger partial charge is 0.328 e. The third kappa shape index (κ3) is 5.43. The Morgan fingerprint density at radius 3 is 1.92 bits per heavy atom. The Labute approximate surface area is 229 Å². The molecule has 0 bridgehead atoms. The number of carbonyl (C=O) groups excluding carboxylic acids is 2. The van der Waals surface area contributed by atoms with Crippen LogP contribution in [0.25, 0.3) is 0 Å². The average Bonchev–Trinajstić information content (AvgIpc) is 3.15. The van der Waals surface area contributed by atoms with Crippen molar-refractivity contribution in [1.82, 2.24) is 14.7 Å². The predicted octanol–water partition coefficient (Wildman–Crippen LogP) is 4.71. The van der Waals surface area contributed by atoms with Crippen molar-refractivity contribution in [2.24, 2.45) is 0 Å². The van der Waals surface area contributed by atoms with Crippen molar-refractivity contribution in [3.05, 3.63) is 89.5 Å². The Morgan fingerprint density at radius 2 is 1.28 bits per heavy atom. The summed E-state index contributed by atoms with van der Waals surface area (Å²) < 4.78 is 16.2. The van der Waals surface area contributed by atoms with Gasteiger partial charge in [0.1, 0.15) is 22.8 Å². The van der Waals surface area contributed by atoms with Crippen LogP contribution in [0.2, 0.25) is 0 Å². The van der Waals surface area contributed by atoms with Crippen LogP contribution in [-0.4, -0.2) is 66.6 Å². The van der Waals surface area contributed by atoms with Gasteiger partial charge in [-0.25, -0.2) is 4.79 Å². The number of rotatable bonds is 9. The molecule has 2 heterocycles. The van der Waals surface area contributed by atoms with Crippen LogP contribution in [0.15, 0.2) is 72.8 Å². The van der Waals surface area contributed by atoms with Crippen LogP contribution in [0.3, 0.4) is 0 Å². The number of urea groups is 1. The van der Waals surface area contributed by atoms with Crippen LogP contribution >= 0.6 is 0 Å². The minimum atomic E-state index is -0.867. The third-order valence-corrected chi connectivity index (χ3v) is 7.78. The van der Waals surface area contributed by atoms with Gasteiger partial charge in [-0.3, -0.25) is 14.6 Å². The lowest BCUT2D eigenvalue weighted by Crippen LogP contribution is -2.56. The van der Waals surface area contributed by atoms with Crippen molar-refractivity contribution in [2.45, 2.75) is 38.0 Å². The summed E-state index contributed by atoms with van der Waals surface area (Å²) in [4.78, 5) is 33.4. The van der Waals surface area contributed by atoms with Crippen molar-refractivity contribution in [1.29, 1.82) is 0 Å². The molecule has 3 amide bonds. The lowest BCUT2D eigenvalue weighted by molar-refractivity contribution is -0.136. The molecule has 0 atom stereocenters. The zero-order valence-electron chi connectivity index (χ0n) is 22.8. The average molecular weight is 530 g/mol. The maximum atomic E-state index is 14.1. The summed E-state index contributed by atoms with van der Waals surface area (Å²) in [5.74, 6) is 2.08. The van der Waals surface area contributed by atoms with Crippen molar-refractivity contribution in [2.75, 3.05) is 34.4 Å². The summed E-state index contributed by atoms with van der Waals surface area (Å²) in [6.45, 7) is 2.70. The van der Waals surface area contributed by atoms with E-state index in [1.807, 2.05) is 72.8 Å². The number of piperidine rings is 1. The minimum absolute atomic E-state index is 0.117. The molecule has 8 heteroatoms. The van der Waals surface area contributed by atoms with Crippen LogP contribution in [0, 0.1) is 0 Å². The molecule has 0 aliphatic carbocycles. The van der Waals surface area contributed by atoms with Gasteiger partial charge in [-0.2, -0.15) is 0 Å². The fourth-order valence-corrected chi connectivity index (χ4v) is 5.64. The van der Waals surface area contributed by atoms with E-state index in [9.17, 15) is 9.59 Å². The van der Waals surface area contributed by atoms with Crippen LogP contribution in [-0.2, 0) is 24.4 Å². The van der Waals surface area contributed by atoms with Crippen molar-refractivity contribution in [3.8, 4) is 17.2 Å². The van der Waals surface area contributed by atoms with E-state index in [1.54, 1.807) is 26.2 Å². The summed E-state index contributed by atoms with van der Waals surface area (Å²) in [5, 5.41) is 0. The zero-order valence-corrected chi connectivity index (χ0v) is 22.8. The van der Waals surface area contributed by atoms with Crippen LogP contribution in [0.5, 0.6) is 17.2 Å². The van der Waals surface area contributed by atoms with E-state index in [-0.39, 0.29) is 18.5 Å². The molecule has 39 heavy (non-hydrogen) atoms. The first-order valence-electron chi connectivity index (χ1n) is 13.2. The highest BCUT2D eigenvalue weighted by atomic mass is 16.5. The normalized spacial score (nSPS) is 17.1. The lowest BCUT2D eigenvalue weighted by Gasteiger charge is -2.42. The Morgan fingerprint density at radius 1 is 0.667 bits per heavy atom. The first-order chi connectivity index (χ1) is 19.0. The summed E-state index contributed by atoms with van der Waals surface area (Å²) in [5.41, 5.74) is 2.08. The van der Waals surface area contributed by atoms with E-state index < -0.39 is 5.54 Å². The van der Waals surface area contributed by atoms with Crippen LogP contribution in [0.1, 0.15) is 29.5 Å². The molecule has 0 unspecified atom stereocenters. The number of nitrogens with zero attached hydrogens (tertiary/aromatic N) is 3. The second kappa shape index (κ2) is 11.4. The Balaban J connectivity index is 1.38. The number of hydrogen-bond donors (Lipinski definition) is 0. The monoisotopic (exact) mass is 529 g/mol. The predicted molar refractivity (Wildman–Crippen MR) is 148 cm³/mol. The van der Waals surface area contributed by atoms with Gasteiger partial charge >= 0.3 is 6.03 Å². The van der Waals surface area contributed by atoms with E-state index in [0.717, 1.165) is 28.2 Å². The third-order valence-electron chi connectivity index (χ3n) is 7.78. The SMILES string of the molecule is COc1cccc(CN2C(=O)N(Cc3ccccc3)C3(CCN(Cc4cc(OC)cc(OC)c4)CC3)C2=O)c1. The number of imide groups is 1. The lowest BCUT2D eigenvalue weighted by atomic mass is 9.85. The van der Waals surface area contributed by atoms with Gasteiger partial charge in [0.25, 0.3) is 5.91 Å². The van der Waals surface area contributed by atoms with Crippen molar-refractivity contribution >= 4 is 11.9 Å². The fourth-order valence-electron chi connectivity index (χ4n) is 5.64. The first-order valence-corrected chi connectivity index (χ1v) is 13.2. The molecule has 8 nitrogen and oxygen atoms in total. The van der Waals surface area contributed by atoms with Crippen LogP contribution < -0.4 is 14.2 Å². The molecule has 1 spiro atoms. The maximum Gasteiger partial charge on any atom is 0.328 e. The molecular formula is C31H35N3O5. The van der Waals surface area contributed by atoms with Gasteiger partial charge < -0.3 is 19.1 Å². The second-order valence-electron chi connectivity index (χ2n) is 10.1. The molecule has 2 aliphatic heterocycles. The topological polar surface area (TPSA) is 71.6 Å². The number of ether oxygens (including phenoxy) is 3. The zero-order chi connectivity index (χ0) is 27.4. The highest BCUT2D eigenvalue weighted by Gasteiger charge is 2.57. The van der Waals surface area contributed by atoms with Gasteiger partial charge in [-0.05, 0) is 53.8 Å². The standard InChI is InChI=1S/C31H35N3O5/c1-37-26-11-7-10-24(16-26)21-33-29(35)31(34(30(33)36)22-23-8-5-4-6-9-23)12-14-32(15-13-31)20-25-17-27(38-2)19-28(18-25)39-3/h4-11,16-19H,12-15,20-22H2,1-3H3. The molecule has 2 aliphatic rings. The van der Waals surface area contributed by atoms with E-state index in [0.29, 0.717) is 44.8 Å². The summed E-state index contributed by atoms with van der Waals surface area (Å²) in [6, 6.07) is 23.0. The number of amides is 3. The molecule has 204 valence electrons. The first kappa shape index (κ1) is 26.6. The number of methoxy groups -OCH3 is 3. The number of likely N-dealkylation sites (tertiary alicyclic amines) is 1. The molecule has 3 aromatic rings. The fraction of sp³-hybridized carbons (Fsp3) is 0.355. The van der Waals surface area contributed by atoms with Crippen LogP contribution in [0.4, 0.5) is 4.79 Å². The van der Waals surface area contributed by atoms with E-state index in [1.165, 1.54) is 4.90 Å². The minimum Gasteiger partial charge on any atom is -0.497 e. The van der Waals surface area contributed by atoms with Crippen molar-refractivity contribution in [3.63, 3.8) is 0 Å². The molecule has 5 rings (SSSR count). The highest BCUT2D eigenvalue weighted by molar-refractivity contribution is 6.07. The Hall–Kier alpha value is -4.04. The maximum absolute atomic E-state index is 14.1. The van der Waals surface area contributed by atoms with Gasteiger partial charge in [0.2, 0.25) is 0 Å². The van der Waals surface area contributed by atoms with Crippen molar-refractivity contribution < 1.29 is 23.8 Å².